The van der Waals surface area contributed by atoms with E-state index in [9.17, 15) is 0 Å². The second-order valence-electron chi connectivity index (χ2n) is 6.07. The summed E-state index contributed by atoms with van der Waals surface area (Å²) in [6, 6.07) is 7.67. The van der Waals surface area contributed by atoms with Crippen LogP contribution in [0.1, 0.15) is 33.1 Å². The van der Waals surface area contributed by atoms with Gasteiger partial charge < -0.3 is 4.74 Å². The Balaban J connectivity index is 1.87. The molecule has 0 aromatic heterocycles. The van der Waals surface area contributed by atoms with Gasteiger partial charge in [-0.1, -0.05) is 31.9 Å². The van der Waals surface area contributed by atoms with Crippen LogP contribution in [0.25, 0.3) is 0 Å². The van der Waals surface area contributed by atoms with Gasteiger partial charge in [-0.25, -0.2) is 0 Å². The Morgan fingerprint density at radius 1 is 1.25 bits per heavy atom. The van der Waals surface area contributed by atoms with E-state index in [1.54, 1.807) is 0 Å². The van der Waals surface area contributed by atoms with Gasteiger partial charge in [-0.2, -0.15) is 0 Å². The third kappa shape index (κ3) is 4.11. The number of nitrogens with one attached hydrogen (secondary N) is 1. The average Bonchev–Trinajstić information content (AvgIpc) is 2.45. The van der Waals surface area contributed by atoms with Gasteiger partial charge in [0.25, 0.3) is 0 Å². The Morgan fingerprint density at radius 2 is 1.95 bits per heavy atom. The maximum absolute atomic E-state index is 5.87. The normalized spacial score (nSPS) is 28.1. The van der Waals surface area contributed by atoms with Crippen LogP contribution < -0.4 is 16.0 Å². The molecule has 0 amide bonds. The Bertz CT molecular complexity index is 409. The van der Waals surface area contributed by atoms with Crippen molar-refractivity contribution in [2.75, 3.05) is 6.61 Å². The summed E-state index contributed by atoms with van der Waals surface area (Å²) in [6.45, 7) is 5.28. The lowest BCUT2D eigenvalue weighted by atomic mass is 9.73. The van der Waals surface area contributed by atoms with Gasteiger partial charge in [-0.15, -0.1) is 0 Å². The van der Waals surface area contributed by atoms with E-state index in [0.717, 1.165) is 22.6 Å². The van der Waals surface area contributed by atoms with Crippen molar-refractivity contribution in [3.8, 4) is 5.75 Å². The number of benzene rings is 1. The van der Waals surface area contributed by atoms with Crippen molar-refractivity contribution in [3.05, 3.63) is 29.3 Å². The molecule has 0 heterocycles. The first-order chi connectivity index (χ1) is 9.60. The minimum Gasteiger partial charge on any atom is -0.492 e. The summed E-state index contributed by atoms with van der Waals surface area (Å²) in [7, 11) is 0. The molecule has 0 saturated heterocycles. The Hall–Kier alpha value is -0.770. The van der Waals surface area contributed by atoms with Crippen LogP contribution in [0.3, 0.4) is 0 Å². The van der Waals surface area contributed by atoms with Crippen LogP contribution in [-0.4, -0.2) is 12.6 Å². The van der Waals surface area contributed by atoms with Crippen LogP contribution in [0.2, 0.25) is 5.02 Å². The predicted molar refractivity (Wildman–Crippen MR) is 83.7 cm³/mol. The van der Waals surface area contributed by atoms with Crippen LogP contribution in [0, 0.1) is 17.8 Å². The minimum atomic E-state index is 0.209. The molecule has 4 unspecified atom stereocenters. The number of nitrogens with two attached hydrogens (primary N) is 1. The van der Waals surface area contributed by atoms with E-state index in [0.29, 0.717) is 12.5 Å². The highest BCUT2D eigenvalue weighted by Gasteiger charge is 2.30. The molecule has 1 aromatic rings. The monoisotopic (exact) mass is 296 g/mol. The van der Waals surface area contributed by atoms with Crippen LogP contribution in [0.4, 0.5) is 0 Å². The van der Waals surface area contributed by atoms with E-state index >= 15 is 0 Å². The molecule has 1 aromatic carbocycles. The second kappa shape index (κ2) is 7.30. The molecule has 0 spiro atoms. The first-order valence-electron chi connectivity index (χ1n) is 7.44. The lowest BCUT2D eigenvalue weighted by molar-refractivity contribution is 0.137. The van der Waals surface area contributed by atoms with Gasteiger partial charge in [0.05, 0.1) is 6.04 Å². The fourth-order valence-corrected chi connectivity index (χ4v) is 3.12. The van der Waals surface area contributed by atoms with E-state index in [2.05, 4.69) is 19.3 Å². The van der Waals surface area contributed by atoms with Gasteiger partial charge in [0.1, 0.15) is 12.4 Å². The van der Waals surface area contributed by atoms with E-state index in [-0.39, 0.29) is 6.04 Å². The Morgan fingerprint density at radius 3 is 2.55 bits per heavy atom. The molecule has 3 N–H and O–H groups in total. The standard InChI is InChI=1S/C16H25ClN2O/c1-11-3-4-13(9-12(11)2)16(19-18)10-20-15-7-5-14(17)6-8-15/h5-8,11-13,16,19H,3-4,9-10,18H2,1-2H3. The summed E-state index contributed by atoms with van der Waals surface area (Å²) < 4.78 is 5.83. The molecule has 1 aliphatic rings. The molecular formula is C16H25ClN2O. The zero-order chi connectivity index (χ0) is 14.5. The van der Waals surface area contributed by atoms with E-state index in [4.69, 9.17) is 22.2 Å². The molecule has 1 aliphatic carbocycles. The first kappa shape index (κ1) is 15.6. The quantitative estimate of drug-likeness (QED) is 0.644. The molecular weight excluding hydrogens is 272 g/mol. The summed E-state index contributed by atoms with van der Waals surface area (Å²) in [5.74, 6) is 8.74. The largest absolute Gasteiger partial charge is 0.492 e. The highest BCUT2D eigenvalue weighted by Crippen LogP contribution is 2.35. The third-order valence-corrected chi connectivity index (χ3v) is 4.92. The van der Waals surface area contributed by atoms with Gasteiger partial charge in [0, 0.05) is 5.02 Å². The molecule has 0 bridgehead atoms. The fraction of sp³-hybridized carbons (Fsp3) is 0.625. The van der Waals surface area contributed by atoms with E-state index in [1.165, 1.54) is 19.3 Å². The maximum Gasteiger partial charge on any atom is 0.119 e. The molecule has 0 aliphatic heterocycles. The highest BCUT2D eigenvalue weighted by atomic mass is 35.5. The van der Waals surface area contributed by atoms with Crippen LogP contribution in [-0.2, 0) is 0 Å². The molecule has 4 atom stereocenters. The van der Waals surface area contributed by atoms with Gasteiger partial charge in [0.15, 0.2) is 0 Å². The Kier molecular flexibility index (Phi) is 5.70. The first-order valence-corrected chi connectivity index (χ1v) is 7.82. The molecule has 112 valence electrons. The molecule has 1 saturated carbocycles. The number of hydrogen-bond acceptors (Lipinski definition) is 3. The van der Waals surface area contributed by atoms with Crippen molar-refractivity contribution in [2.45, 2.75) is 39.2 Å². The van der Waals surface area contributed by atoms with Crippen molar-refractivity contribution in [2.24, 2.45) is 23.6 Å². The third-order valence-electron chi connectivity index (χ3n) is 4.67. The summed E-state index contributed by atoms with van der Waals surface area (Å²) in [4.78, 5) is 0. The zero-order valence-electron chi connectivity index (χ0n) is 12.3. The van der Waals surface area contributed by atoms with Crippen molar-refractivity contribution in [1.82, 2.24) is 5.43 Å². The number of ether oxygens (including phenoxy) is 1. The van der Waals surface area contributed by atoms with Gasteiger partial charge in [0.2, 0.25) is 0 Å². The van der Waals surface area contributed by atoms with Crippen molar-refractivity contribution >= 4 is 11.6 Å². The molecule has 2 rings (SSSR count). The number of rotatable bonds is 5. The number of hydrazine groups is 1. The SMILES string of the molecule is CC1CCC(C(COc2ccc(Cl)cc2)NN)CC1C. The van der Waals surface area contributed by atoms with Crippen LogP contribution in [0.5, 0.6) is 5.75 Å². The van der Waals surface area contributed by atoms with Crippen molar-refractivity contribution < 1.29 is 4.74 Å². The predicted octanol–water partition coefficient (Wildman–Crippen LogP) is 3.62. The van der Waals surface area contributed by atoms with Gasteiger partial charge in [-0.05, 0) is 54.9 Å². The lowest BCUT2D eigenvalue weighted by Gasteiger charge is -2.36. The summed E-state index contributed by atoms with van der Waals surface area (Å²) in [5, 5.41) is 0.723. The highest BCUT2D eigenvalue weighted by molar-refractivity contribution is 6.30. The number of hydrogen-bond donors (Lipinski definition) is 2. The molecule has 0 radical (unpaired) electrons. The molecule has 3 nitrogen and oxygen atoms in total. The van der Waals surface area contributed by atoms with Gasteiger partial charge >= 0.3 is 0 Å². The fourth-order valence-electron chi connectivity index (χ4n) is 2.99. The van der Waals surface area contributed by atoms with Crippen LogP contribution in [0.15, 0.2) is 24.3 Å². The van der Waals surface area contributed by atoms with Gasteiger partial charge in [-0.3, -0.25) is 11.3 Å². The number of halogens is 1. The lowest BCUT2D eigenvalue weighted by Crippen LogP contribution is -2.46. The zero-order valence-corrected chi connectivity index (χ0v) is 13.1. The minimum absolute atomic E-state index is 0.209. The summed E-state index contributed by atoms with van der Waals surface area (Å²) in [5.41, 5.74) is 2.94. The summed E-state index contributed by atoms with van der Waals surface area (Å²) >= 11 is 5.87. The van der Waals surface area contributed by atoms with Crippen molar-refractivity contribution in [3.63, 3.8) is 0 Å². The van der Waals surface area contributed by atoms with E-state index < -0.39 is 0 Å². The molecule has 4 heteroatoms. The smallest absolute Gasteiger partial charge is 0.119 e. The molecule has 20 heavy (non-hydrogen) atoms. The average molecular weight is 297 g/mol. The van der Waals surface area contributed by atoms with Crippen LogP contribution >= 0.6 is 11.6 Å². The topological polar surface area (TPSA) is 47.3 Å². The van der Waals surface area contributed by atoms with E-state index in [1.807, 2.05) is 24.3 Å². The van der Waals surface area contributed by atoms with Crippen molar-refractivity contribution in [1.29, 1.82) is 0 Å². The summed E-state index contributed by atoms with van der Waals surface area (Å²) in [6.07, 6.45) is 3.73. The maximum atomic E-state index is 5.87. The Labute approximate surface area is 126 Å². The second-order valence-corrected chi connectivity index (χ2v) is 6.50. The molecule has 1 fully saturated rings.